The molecular formula is C17H18N2O4. The van der Waals surface area contributed by atoms with Gasteiger partial charge in [0.15, 0.2) is 0 Å². The molecule has 1 aromatic carbocycles. The third kappa shape index (κ3) is 4.16. The zero-order chi connectivity index (χ0) is 16.8. The molecule has 6 nitrogen and oxygen atoms in total. The molecule has 1 N–H and O–H groups in total. The Balaban J connectivity index is 2.13. The molecule has 1 amide bonds. The number of amides is 1. The van der Waals surface area contributed by atoms with Crippen LogP contribution in [0.1, 0.15) is 41.6 Å². The summed E-state index contributed by atoms with van der Waals surface area (Å²) in [7, 11) is 1.26. The van der Waals surface area contributed by atoms with Gasteiger partial charge in [-0.2, -0.15) is 5.26 Å². The first-order valence-corrected chi connectivity index (χ1v) is 7.45. The predicted molar refractivity (Wildman–Crippen MR) is 81.4 cm³/mol. The van der Waals surface area contributed by atoms with Crippen molar-refractivity contribution in [1.82, 2.24) is 5.32 Å². The van der Waals surface area contributed by atoms with Gasteiger partial charge in [0.25, 0.3) is 5.91 Å². The van der Waals surface area contributed by atoms with Crippen LogP contribution in [-0.4, -0.2) is 30.8 Å². The first-order chi connectivity index (χ1) is 11.0. The highest BCUT2D eigenvalue weighted by Crippen LogP contribution is 2.25. The normalized spacial score (nSPS) is 18.6. The minimum absolute atomic E-state index is 0.0998. The lowest BCUT2D eigenvalue weighted by atomic mass is 9.83. The molecule has 120 valence electrons. The highest BCUT2D eigenvalue weighted by Gasteiger charge is 2.34. The largest absolute Gasteiger partial charge is 0.467 e. The van der Waals surface area contributed by atoms with Crippen LogP contribution in [0.2, 0.25) is 0 Å². The lowest BCUT2D eigenvalue weighted by molar-refractivity contribution is -0.145. The van der Waals surface area contributed by atoms with Crippen LogP contribution in [0, 0.1) is 17.2 Å². The number of ketones is 1. The van der Waals surface area contributed by atoms with Gasteiger partial charge in [-0.3, -0.25) is 9.59 Å². The van der Waals surface area contributed by atoms with Crippen molar-refractivity contribution >= 4 is 17.7 Å². The maximum atomic E-state index is 12.3. The number of ether oxygens (including phenoxy) is 1. The minimum Gasteiger partial charge on any atom is -0.467 e. The first-order valence-electron chi connectivity index (χ1n) is 7.45. The Labute approximate surface area is 134 Å². The summed E-state index contributed by atoms with van der Waals surface area (Å²) >= 11 is 0. The molecule has 0 saturated heterocycles. The second-order valence-electron chi connectivity index (χ2n) is 5.56. The molecule has 1 saturated carbocycles. The Kier molecular flexibility index (Phi) is 5.47. The van der Waals surface area contributed by atoms with Crippen LogP contribution in [-0.2, 0) is 14.3 Å². The second kappa shape index (κ2) is 7.54. The van der Waals surface area contributed by atoms with Gasteiger partial charge in [-0.1, -0.05) is 0 Å². The van der Waals surface area contributed by atoms with Crippen molar-refractivity contribution in [3.8, 4) is 6.07 Å². The quantitative estimate of drug-likeness (QED) is 0.851. The maximum absolute atomic E-state index is 12.3. The number of nitrogens with zero attached hydrogens (tertiary/aromatic N) is 1. The number of hydrogen-bond acceptors (Lipinski definition) is 5. The molecule has 23 heavy (non-hydrogen) atoms. The summed E-state index contributed by atoms with van der Waals surface area (Å²) in [6, 6.07) is 7.25. The van der Waals surface area contributed by atoms with Gasteiger partial charge in [0, 0.05) is 18.4 Å². The number of methoxy groups -OCH3 is 1. The first kappa shape index (κ1) is 16.7. The smallest absolute Gasteiger partial charge is 0.328 e. The number of carbonyl (C=O) groups excluding carboxylic acids is 3. The molecule has 1 fully saturated rings. The van der Waals surface area contributed by atoms with Gasteiger partial charge in [0.05, 0.1) is 18.7 Å². The van der Waals surface area contributed by atoms with E-state index in [-0.39, 0.29) is 18.1 Å². The molecule has 0 aliphatic heterocycles. The predicted octanol–water partition coefficient (Wildman–Crippen LogP) is 1.59. The Bertz CT molecular complexity index is 646. The molecular weight excluding hydrogens is 296 g/mol. The van der Waals surface area contributed by atoms with Gasteiger partial charge < -0.3 is 10.1 Å². The summed E-state index contributed by atoms with van der Waals surface area (Å²) in [5.74, 6) is -1.12. The average molecular weight is 314 g/mol. The highest BCUT2D eigenvalue weighted by atomic mass is 16.5. The lowest BCUT2D eigenvalue weighted by Crippen LogP contribution is -2.48. The highest BCUT2D eigenvalue weighted by molar-refractivity contribution is 5.97. The summed E-state index contributed by atoms with van der Waals surface area (Å²) in [4.78, 5) is 35.9. The fraction of sp³-hybridized carbons (Fsp3) is 0.412. The van der Waals surface area contributed by atoms with Crippen molar-refractivity contribution in [1.29, 1.82) is 5.26 Å². The van der Waals surface area contributed by atoms with E-state index in [9.17, 15) is 14.4 Å². The summed E-state index contributed by atoms with van der Waals surface area (Å²) in [5, 5.41) is 11.4. The van der Waals surface area contributed by atoms with E-state index in [1.54, 1.807) is 0 Å². The fourth-order valence-corrected chi connectivity index (χ4v) is 2.76. The van der Waals surface area contributed by atoms with Gasteiger partial charge >= 0.3 is 5.97 Å². The molecule has 1 aliphatic carbocycles. The van der Waals surface area contributed by atoms with Crippen molar-refractivity contribution in [2.45, 2.75) is 31.7 Å². The van der Waals surface area contributed by atoms with Crippen molar-refractivity contribution in [2.24, 2.45) is 5.92 Å². The summed E-state index contributed by atoms with van der Waals surface area (Å²) in [5.41, 5.74) is 0.795. The van der Waals surface area contributed by atoms with Gasteiger partial charge in [-0.15, -0.1) is 0 Å². The topological polar surface area (TPSA) is 96.3 Å². The van der Waals surface area contributed by atoms with E-state index in [0.717, 1.165) is 0 Å². The second-order valence-corrected chi connectivity index (χ2v) is 5.56. The third-order valence-corrected chi connectivity index (χ3v) is 4.01. The van der Waals surface area contributed by atoms with E-state index in [0.29, 0.717) is 30.4 Å². The molecule has 1 aromatic rings. The van der Waals surface area contributed by atoms with Crippen LogP contribution in [0.15, 0.2) is 24.3 Å². The van der Waals surface area contributed by atoms with Crippen LogP contribution in [0.4, 0.5) is 0 Å². The number of nitriles is 1. The molecule has 0 radical (unpaired) electrons. The molecule has 0 heterocycles. The number of carbonyl (C=O) groups is 3. The van der Waals surface area contributed by atoms with Gasteiger partial charge in [0.1, 0.15) is 11.8 Å². The number of rotatable bonds is 4. The number of hydrogen-bond donors (Lipinski definition) is 1. The van der Waals surface area contributed by atoms with Crippen molar-refractivity contribution in [3.05, 3.63) is 35.4 Å². The number of Topliss-reactive ketones (excluding diaryl/α,β-unsaturated/α-hetero) is 1. The van der Waals surface area contributed by atoms with Crippen LogP contribution in [0.3, 0.4) is 0 Å². The zero-order valence-corrected chi connectivity index (χ0v) is 12.9. The van der Waals surface area contributed by atoms with Crippen LogP contribution in [0.25, 0.3) is 0 Å². The SMILES string of the molecule is COC(=O)[C@H](NC(=O)c1ccc(C#N)cc1)[C@@H]1CCCC(=O)C1. The Morgan fingerprint density at radius 3 is 2.61 bits per heavy atom. The number of nitrogens with one attached hydrogen (secondary N) is 1. The van der Waals surface area contributed by atoms with E-state index in [1.165, 1.54) is 31.4 Å². The average Bonchev–Trinajstić information content (AvgIpc) is 2.58. The fourth-order valence-electron chi connectivity index (χ4n) is 2.76. The lowest BCUT2D eigenvalue weighted by Gasteiger charge is -2.28. The maximum Gasteiger partial charge on any atom is 0.328 e. The van der Waals surface area contributed by atoms with Crippen LogP contribution < -0.4 is 5.32 Å². The van der Waals surface area contributed by atoms with Gasteiger partial charge in [-0.25, -0.2) is 4.79 Å². The monoisotopic (exact) mass is 314 g/mol. The summed E-state index contributed by atoms with van der Waals surface area (Å²) in [6.45, 7) is 0. The molecule has 0 spiro atoms. The van der Waals surface area contributed by atoms with E-state index in [4.69, 9.17) is 10.00 Å². The van der Waals surface area contributed by atoms with Crippen molar-refractivity contribution < 1.29 is 19.1 Å². The van der Waals surface area contributed by atoms with Crippen LogP contribution in [0.5, 0.6) is 0 Å². The molecule has 0 bridgehead atoms. The standard InChI is InChI=1S/C17H18N2O4/c1-23-17(22)15(13-3-2-4-14(20)9-13)19-16(21)12-7-5-11(10-18)6-8-12/h5-8,13,15H,2-4,9H2,1H3,(H,19,21)/t13-,15-/m1/s1. The number of esters is 1. The Morgan fingerprint density at radius 1 is 1.35 bits per heavy atom. The molecule has 0 aromatic heterocycles. The van der Waals surface area contributed by atoms with E-state index < -0.39 is 17.9 Å². The molecule has 0 unspecified atom stereocenters. The van der Waals surface area contributed by atoms with Crippen LogP contribution >= 0.6 is 0 Å². The molecule has 2 rings (SSSR count). The Morgan fingerprint density at radius 2 is 2.04 bits per heavy atom. The van der Waals surface area contributed by atoms with Crippen molar-refractivity contribution in [3.63, 3.8) is 0 Å². The van der Waals surface area contributed by atoms with E-state index >= 15 is 0 Å². The van der Waals surface area contributed by atoms with E-state index in [2.05, 4.69) is 5.32 Å². The third-order valence-electron chi connectivity index (χ3n) is 4.01. The molecule has 2 atom stereocenters. The van der Waals surface area contributed by atoms with Gasteiger partial charge in [-0.05, 0) is 43.0 Å². The summed E-state index contributed by atoms with van der Waals surface area (Å²) < 4.78 is 4.77. The zero-order valence-electron chi connectivity index (χ0n) is 12.9. The Hall–Kier alpha value is -2.68. The number of benzene rings is 1. The summed E-state index contributed by atoms with van der Waals surface area (Å²) in [6.07, 6.45) is 2.20. The molecule has 1 aliphatic rings. The van der Waals surface area contributed by atoms with E-state index in [1.807, 2.05) is 6.07 Å². The van der Waals surface area contributed by atoms with Gasteiger partial charge in [0.2, 0.25) is 0 Å². The van der Waals surface area contributed by atoms with Crippen molar-refractivity contribution in [2.75, 3.05) is 7.11 Å². The minimum atomic E-state index is -0.840. The molecule has 6 heteroatoms.